The van der Waals surface area contributed by atoms with E-state index in [-0.39, 0.29) is 36.3 Å². The molecule has 2 saturated heterocycles. The van der Waals surface area contributed by atoms with Crippen molar-refractivity contribution in [2.24, 2.45) is 11.7 Å². The summed E-state index contributed by atoms with van der Waals surface area (Å²) in [5, 5.41) is 2.94. The van der Waals surface area contributed by atoms with Crippen molar-refractivity contribution >= 4 is 24.3 Å². The zero-order valence-corrected chi connectivity index (χ0v) is 14.2. The normalized spacial score (nSPS) is 22.9. The molecule has 2 fully saturated rings. The standard InChI is InChI=1S/C15H28N4O2.ClH/c1-12(16)6-7-17-14(20)13-5-4-10-19(11-13)15(21)18-8-2-3-9-18;/h12-13H,2-11,16H2,1H3,(H,17,20);1H. The fourth-order valence-corrected chi connectivity index (χ4v) is 3.04. The second-order valence-corrected chi connectivity index (χ2v) is 6.32. The number of halogens is 1. The maximum atomic E-state index is 12.4. The summed E-state index contributed by atoms with van der Waals surface area (Å²) in [5.41, 5.74) is 5.68. The van der Waals surface area contributed by atoms with Crippen LogP contribution >= 0.6 is 12.4 Å². The van der Waals surface area contributed by atoms with Gasteiger partial charge in [0.15, 0.2) is 0 Å². The number of hydrogen-bond acceptors (Lipinski definition) is 3. The zero-order valence-electron chi connectivity index (χ0n) is 13.4. The van der Waals surface area contributed by atoms with Gasteiger partial charge in [-0.2, -0.15) is 0 Å². The van der Waals surface area contributed by atoms with E-state index in [9.17, 15) is 9.59 Å². The van der Waals surface area contributed by atoms with Crippen LogP contribution < -0.4 is 11.1 Å². The van der Waals surface area contributed by atoms with Gasteiger partial charge in [-0.3, -0.25) is 4.79 Å². The van der Waals surface area contributed by atoms with Gasteiger partial charge in [0.25, 0.3) is 0 Å². The molecule has 6 nitrogen and oxygen atoms in total. The van der Waals surface area contributed by atoms with Crippen LogP contribution in [0.3, 0.4) is 0 Å². The van der Waals surface area contributed by atoms with Gasteiger partial charge in [0.1, 0.15) is 0 Å². The Morgan fingerprint density at radius 2 is 1.82 bits per heavy atom. The van der Waals surface area contributed by atoms with Crippen molar-refractivity contribution in [3.05, 3.63) is 0 Å². The number of hydrogen-bond donors (Lipinski definition) is 2. The summed E-state index contributed by atoms with van der Waals surface area (Å²) in [6.07, 6.45) is 4.76. The van der Waals surface area contributed by atoms with Gasteiger partial charge in [-0.15, -0.1) is 12.4 Å². The Hall–Kier alpha value is -1.01. The summed E-state index contributed by atoms with van der Waals surface area (Å²) in [5.74, 6) is -0.00652. The second kappa shape index (κ2) is 9.20. The molecule has 0 aromatic heterocycles. The third-order valence-electron chi connectivity index (χ3n) is 4.34. The molecule has 0 aromatic carbocycles. The molecular formula is C15H29ClN4O2. The first kappa shape index (κ1) is 19.0. The van der Waals surface area contributed by atoms with Gasteiger partial charge in [0.2, 0.25) is 5.91 Å². The molecule has 22 heavy (non-hydrogen) atoms. The van der Waals surface area contributed by atoms with Crippen LogP contribution in [0.2, 0.25) is 0 Å². The van der Waals surface area contributed by atoms with E-state index in [0.29, 0.717) is 13.1 Å². The van der Waals surface area contributed by atoms with Crippen LogP contribution in [0.1, 0.15) is 39.0 Å². The summed E-state index contributed by atoms with van der Waals surface area (Å²) in [6, 6.07) is 0.213. The Bertz CT molecular complexity index is 373. The minimum absolute atomic E-state index is 0. The number of nitrogens with two attached hydrogens (primary N) is 1. The average molecular weight is 333 g/mol. The third kappa shape index (κ3) is 5.32. The number of carbonyl (C=O) groups is 2. The molecule has 0 bridgehead atoms. The highest BCUT2D eigenvalue weighted by molar-refractivity contribution is 5.85. The van der Waals surface area contributed by atoms with Crippen LogP contribution in [0.4, 0.5) is 4.79 Å². The van der Waals surface area contributed by atoms with E-state index in [1.54, 1.807) is 0 Å². The van der Waals surface area contributed by atoms with Crippen molar-refractivity contribution in [1.82, 2.24) is 15.1 Å². The van der Waals surface area contributed by atoms with E-state index in [0.717, 1.165) is 51.7 Å². The Kier molecular flexibility index (Phi) is 7.96. The Balaban J connectivity index is 0.00000242. The van der Waals surface area contributed by atoms with Gasteiger partial charge >= 0.3 is 6.03 Å². The van der Waals surface area contributed by atoms with Crippen molar-refractivity contribution in [2.75, 3.05) is 32.7 Å². The molecule has 3 N–H and O–H groups in total. The van der Waals surface area contributed by atoms with Crippen LogP contribution in [0.25, 0.3) is 0 Å². The summed E-state index contributed by atoms with van der Waals surface area (Å²) in [4.78, 5) is 28.3. The van der Waals surface area contributed by atoms with E-state index >= 15 is 0 Å². The molecule has 0 saturated carbocycles. The molecule has 0 spiro atoms. The summed E-state index contributed by atoms with van der Waals surface area (Å²) >= 11 is 0. The number of likely N-dealkylation sites (tertiary alicyclic amines) is 2. The minimum Gasteiger partial charge on any atom is -0.356 e. The molecule has 7 heteroatoms. The Morgan fingerprint density at radius 3 is 2.45 bits per heavy atom. The smallest absolute Gasteiger partial charge is 0.320 e. The summed E-state index contributed by atoms with van der Waals surface area (Å²) in [6.45, 7) is 5.61. The lowest BCUT2D eigenvalue weighted by atomic mass is 9.97. The van der Waals surface area contributed by atoms with Gasteiger partial charge in [0.05, 0.1) is 5.92 Å². The lowest BCUT2D eigenvalue weighted by Gasteiger charge is -2.34. The topological polar surface area (TPSA) is 78.7 Å². The van der Waals surface area contributed by atoms with Crippen molar-refractivity contribution in [3.63, 3.8) is 0 Å². The number of nitrogens with one attached hydrogen (secondary N) is 1. The second-order valence-electron chi connectivity index (χ2n) is 6.32. The largest absolute Gasteiger partial charge is 0.356 e. The molecule has 2 aliphatic heterocycles. The number of nitrogens with zero attached hydrogens (tertiary/aromatic N) is 2. The van der Waals surface area contributed by atoms with Crippen molar-refractivity contribution in [1.29, 1.82) is 0 Å². The van der Waals surface area contributed by atoms with Gasteiger partial charge in [-0.25, -0.2) is 4.79 Å². The summed E-state index contributed by atoms with van der Waals surface area (Å²) in [7, 11) is 0. The monoisotopic (exact) mass is 332 g/mol. The fourth-order valence-electron chi connectivity index (χ4n) is 3.04. The fraction of sp³-hybridized carbons (Fsp3) is 0.867. The molecular weight excluding hydrogens is 304 g/mol. The quantitative estimate of drug-likeness (QED) is 0.811. The van der Waals surface area contributed by atoms with Crippen molar-refractivity contribution in [2.45, 2.75) is 45.1 Å². The van der Waals surface area contributed by atoms with Gasteiger partial charge < -0.3 is 20.9 Å². The molecule has 0 aromatic rings. The van der Waals surface area contributed by atoms with E-state index in [4.69, 9.17) is 5.73 Å². The molecule has 2 heterocycles. The number of urea groups is 1. The first-order chi connectivity index (χ1) is 10.1. The Morgan fingerprint density at radius 1 is 1.18 bits per heavy atom. The van der Waals surface area contributed by atoms with E-state index in [1.807, 2.05) is 16.7 Å². The van der Waals surface area contributed by atoms with Gasteiger partial charge in [0, 0.05) is 38.8 Å². The highest BCUT2D eigenvalue weighted by Crippen LogP contribution is 2.19. The van der Waals surface area contributed by atoms with Crippen LogP contribution in [-0.4, -0.2) is 60.5 Å². The van der Waals surface area contributed by atoms with Gasteiger partial charge in [-0.05, 0) is 39.0 Å². The molecule has 2 aliphatic rings. The lowest BCUT2D eigenvalue weighted by molar-refractivity contribution is -0.126. The number of carbonyl (C=O) groups excluding carboxylic acids is 2. The Labute approximate surface area is 139 Å². The first-order valence-electron chi connectivity index (χ1n) is 8.15. The molecule has 2 atom stereocenters. The highest BCUT2D eigenvalue weighted by atomic mass is 35.5. The number of piperidine rings is 1. The van der Waals surface area contributed by atoms with Crippen LogP contribution in [0, 0.1) is 5.92 Å². The molecule has 0 radical (unpaired) electrons. The first-order valence-corrected chi connectivity index (χ1v) is 8.15. The third-order valence-corrected chi connectivity index (χ3v) is 4.34. The van der Waals surface area contributed by atoms with Crippen molar-refractivity contribution in [3.8, 4) is 0 Å². The molecule has 128 valence electrons. The minimum atomic E-state index is -0.0709. The van der Waals surface area contributed by atoms with E-state index < -0.39 is 0 Å². The van der Waals surface area contributed by atoms with Gasteiger partial charge in [-0.1, -0.05) is 0 Å². The predicted octanol–water partition coefficient (Wildman–Crippen LogP) is 1.19. The number of amides is 3. The van der Waals surface area contributed by atoms with Crippen LogP contribution in [0.15, 0.2) is 0 Å². The lowest BCUT2D eigenvalue weighted by Crippen LogP contribution is -2.49. The molecule has 3 amide bonds. The highest BCUT2D eigenvalue weighted by Gasteiger charge is 2.31. The maximum absolute atomic E-state index is 12.4. The molecule has 2 unspecified atom stereocenters. The number of rotatable bonds is 4. The zero-order chi connectivity index (χ0) is 15.2. The summed E-state index contributed by atoms with van der Waals surface area (Å²) < 4.78 is 0. The van der Waals surface area contributed by atoms with E-state index in [1.165, 1.54) is 0 Å². The molecule has 2 rings (SSSR count). The molecule has 0 aliphatic carbocycles. The van der Waals surface area contributed by atoms with Crippen LogP contribution in [0.5, 0.6) is 0 Å². The van der Waals surface area contributed by atoms with Crippen molar-refractivity contribution < 1.29 is 9.59 Å². The van der Waals surface area contributed by atoms with E-state index in [2.05, 4.69) is 5.32 Å². The van der Waals surface area contributed by atoms with Crippen LogP contribution in [-0.2, 0) is 4.79 Å². The average Bonchev–Trinajstić information content (AvgIpc) is 3.00. The maximum Gasteiger partial charge on any atom is 0.320 e. The predicted molar refractivity (Wildman–Crippen MR) is 89.0 cm³/mol. The SMILES string of the molecule is CC(N)CCNC(=O)C1CCCN(C(=O)N2CCCC2)C1.Cl.